The highest BCUT2D eigenvalue weighted by Crippen LogP contribution is 2.23. The van der Waals surface area contributed by atoms with E-state index in [2.05, 4.69) is 15.4 Å². The molecule has 0 radical (unpaired) electrons. The summed E-state index contributed by atoms with van der Waals surface area (Å²) in [4.78, 5) is 29.0. The molecule has 29 heavy (non-hydrogen) atoms. The van der Waals surface area contributed by atoms with E-state index < -0.39 is 5.69 Å². The molecule has 0 spiro atoms. The van der Waals surface area contributed by atoms with Crippen LogP contribution in [-0.4, -0.2) is 25.1 Å². The molecule has 0 saturated heterocycles. The van der Waals surface area contributed by atoms with Gasteiger partial charge in [-0.15, -0.1) is 5.10 Å². The van der Waals surface area contributed by atoms with E-state index in [1.54, 1.807) is 24.3 Å². The summed E-state index contributed by atoms with van der Waals surface area (Å²) in [5.74, 6) is 0.320. The Kier molecular flexibility index (Phi) is 5.26. The monoisotopic (exact) mass is 409 g/mol. The minimum absolute atomic E-state index is 0.148. The smallest absolute Gasteiger partial charge is 0.351 e. The Morgan fingerprint density at radius 2 is 1.86 bits per heavy atom. The van der Waals surface area contributed by atoms with Gasteiger partial charge in [-0.2, -0.15) is 0 Å². The van der Waals surface area contributed by atoms with Crippen molar-refractivity contribution in [2.75, 3.05) is 0 Å². The maximum Gasteiger partial charge on any atom is 0.351 e. The average molecular weight is 410 g/mol. The number of fused-ring (bicyclic) bond motifs is 1. The first-order valence-electron chi connectivity index (χ1n) is 8.78. The van der Waals surface area contributed by atoms with E-state index >= 15 is 0 Å². The normalized spacial score (nSPS) is 10.8. The Balaban J connectivity index is 1.53. The molecule has 0 aliphatic rings. The molecule has 2 aromatic carbocycles. The fourth-order valence-corrected chi connectivity index (χ4v) is 2.83. The van der Waals surface area contributed by atoms with E-state index in [4.69, 9.17) is 16.3 Å². The van der Waals surface area contributed by atoms with Crippen molar-refractivity contribution in [1.29, 1.82) is 0 Å². The number of aromatic nitrogens is 4. The summed E-state index contributed by atoms with van der Waals surface area (Å²) >= 11 is 5.88. The second-order valence-corrected chi connectivity index (χ2v) is 6.62. The number of hydrogen-bond donors (Lipinski definition) is 1. The summed E-state index contributed by atoms with van der Waals surface area (Å²) in [5, 5.41) is 7.56. The lowest BCUT2D eigenvalue weighted by molar-refractivity contribution is -0.122. The first-order valence-corrected chi connectivity index (χ1v) is 9.16. The Labute approximate surface area is 170 Å². The summed E-state index contributed by atoms with van der Waals surface area (Å²) in [7, 11) is 0. The van der Waals surface area contributed by atoms with Crippen molar-refractivity contribution < 1.29 is 9.53 Å². The molecule has 0 unspecified atom stereocenters. The molecular weight excluding hydrogens is 394 g/mol. The second kappa shape index (κ2) is 8.15. The van der Waals surface area contributed by atoms with Crippen molar-refractivity contribution in [3.8, 4) is 11.6 Å². The van der Waals surface area contributed by atoms with Crippen molar-refractivity contribution in [2.45, 2.75) is 13.1 Å². The number of nitrogens with one attached hydrogen (secondary N) is 1. The number of ether oxygens (including phenoxy) is 1. The number of benzene rings is 2. The molecule has 9 heteroatoms. The SMILES string of the molecule is O=C(Cn1nc2c(Oc3ccc(Cl)cc3)nccn2c1=O)NCc1ccccc1. The van der Waals surface area contributed by atoms with Crippen molar-refractivity contribution in [2.24, 2.45) is 0 Å². The summed E-state index contributed by atoms with van der Waals surface area (Å²) in [6.07, 6.45) is 2.90. The lowest BCUT2D eigenvalue weighted by Crippen LogP contribution is -2.32. The first-order chi connectivity index (χ1) is 14.1. The van der Waals surface area contributed by atoms with E-state index in [-0.39, 0.29) is 24.0 Å². The highest BCUT2D eigenvalue weighted by molar-refractivity contribution is 6.30. The van der Waals surface area contributed by atoms with Crippen LogP contribution in [0.25, 0.3) is 5.65 Å². The fraction of sp³-hybridized carbons (Fsp3) is 0.100. The number of rotatable bonds is 6. The molecule has 0 aliphatic carbocycles. The molecule has 0 saturated carbocycles. The van der Waals surface area contributed by atoms with Gasteiger partial charge in [0.05, 0.1) is 0 Å². The molecule has 4 rings (SSSR count). The zero-order valence-corrected chi connectivity index (χ0v) is 15.9. The van der Waals surface area contributed by atoms with Gasteiger partial charge in [-0.25, -0.2) is 18.9 Å². The summed E-state index contributed by atoms with van der Waals surface area (Å²) in [5.41, 5.74) is 0.715. The van der Waals surface area contributed by atoms with Crippen LogP contribution in [0.1, 0.15) is 5.56 Å². The van der Waals surface area contributed by atoms with Crippen LogP contribution >= 0.6 is 11.6 Å². The van der Waals surface area contributed by atoms with Gasteiger partial charge in [-0.3, -0.25) is 4.79 Å². The Morgan fingerprint density at radius 3 is 2.62 bits per heavy atom. The maximum atomic E-state index is 12.6. The van der Waals surface area contributed by atoms with Gasteiger partial charge < -0.3 is 10.1 Å². The van der Waals surface area contributed by atoms with Gasteiger partial charge in [-0.05, 0) is 29.8 Å². The van der Waals surface area contributed by atoms with E-state index in [0.717, 1.165) is 10.2 Å². The first kappa shape index (κ1) is 18.7. The maximum absolute atomic E-state index is 12.6. The summed E-state index contributed by atoms with van der Waals surface area (Å²) < 4.78 is 8.08. The van der Waals surface area contributed by atoms with Crippen molar-refractivity contribution >= 4 is 23.2 Å². The number of carbonyl (C=O) groups excluding carboxylic acids is 1. The second-order valence-electron chi connectivity index (χ2n) is 6.18. The van der Waals surface area contributed by atoms with Crippen molar-refractivity contribution in [3.63, 3.8) is 0 Å². The largest absolute Gasteiger partial charge is 0.436 e. The molecular formula is C20H16ClN5O3. The highest BCUT2D eigenvalue weighted by Gasteiger charge is 2.15. The standard InChI is InChI=1S/C20H16ClN5O3/c21-15-6-8-16(9-7-15)29-19-18-24-26(20(28)25(18)11-10-22-19)13-17(27)23-12-14-4-2-1-3-5-14/h1-11H,12-13H2,(H,23,27). The Morgan fingerprint density at radius 1 is 1.10 bits per heavy atom. The third kappa shape index (κ3) is 4.27. The van der Waals surface area contributed by atoms with Gasteiger partial charge >= 0.3 is 5.69 Å². The van der Waals surface area contributed by atoms with Crippen LogP contribution in [0, 0.1) is 0 Å². The molecule has 146 valence electrons. The van der Waals surface area contributed by atoms with E-state index in [9.17, 15) is 9.59 Å². The van der Waals surface area contributed by atoms with Crippen LogP contribution in [0.15, 0.2) is 71.8 Å². The third-order valence-electron chi connectivity index (χ3n) is 4.12. The molecule has 8 nitrogen and oxygen atoms in total. The zero-order chi connectivity index (χ0) is 20.2. The van der Waals surface area contributed by atoms with Gasteiger partial charge in [0.15, 0.2) is 0 Å². The molecule has 0 fully saturated rings. The molecule has 2 aromatic heterocycles. The Bertz CT molecular complexity index is 1200. The van der Waals surface area contributed by atoms with Crippen molar-refractivity contribution in [3.05, 3.63) is 88.1 Å². The third-order valence-corrected chi connectivity index (χ3v) is 4.38. The van der Waals surface area contributed by atoms with Gasteiger partial charge in [0.25, 0.3) is 5.88 Å². The van der Waals surface area contributed by atoms with Crippen molar-refractivity contribution in [1.82, 2.24) is 24.5 Å². The number of halogens is 1. The predicted molar refractivity (Wildman–Crippen MR) is 107 cm³/mol. The lowest BCUT2D eigenvalue weighted by Gasteiger charge is -2.05. The minimum atomic E-state index is -0.460. The molecule has 1 amide bonds. The van der Waals surface area contributed by atoms with Crippen LogP contribution in [0.2, 0.25) is 5.02 Å². The topological polar surface area (TPSA) is 90.5 Å². The van der Waals surface area contributed by atoms with Gasteiger partial charge in [0, 0.05) is 24.0 Å². The van der Waals surface area contributed by atoms with Crippen LogP contribution in [-0.2, 0) is 17.9 Å². The van der Waals surface area contributed by atoms with Gasteiger partial charge in [0.2, 0.25) is 11.6 Å². The molecule has 4 aromatic rings. The molecule has 0 atom stereocenters. The molecule has 0 bridgehead atoms. The van der Waals surface area contributed by atoms with E-state index in [1.807, 2.05) is 30.3 Å². The Hall–Kier alpha value is -3.65. The number of nitrogens with zero attached hydrogens (tertiary/aromatic N) is 4. The number of carbonyl (C=O) groups is 1. The summed E-state index contributed by atoms with van der Waals surface area (Å²) in [6.45, 7) is 0.155. The van der Waals surface area contributed by atoms with Gasteiger partial charge in [-0.1, -0.05) is 41.9 Å². The average Bonchev–Trinajstić information content (AvgIpc) is 3.05. The highest BCUT2D eigenvalue weighted by atomic mass is 35.5. The fourth-order valence-electron chi connectivity index (χ4n) is 2.70. The predicted octanol–water partition coefficient (Wildman–Crippen LogP) is 2.65. The van der Waals surface area contributed by atoms with Crippen LogP contribution in [0.4, 0.5) is 0 Å². The molecule has 0 aliphatic heterocycles. The molecule has 2 heterocycles. The number of amides is 1. The van der Waals surface area contributed by atoms with Crippen LogP contribution < -0.4 is 15.7 Å². The van der Waals surface area contributed by atoms with Crippen LogP contribution in [0.3, 0.4) is 0 Å². The molecule has 1 N–H and O–H groups in total. The summed E-state index contributed by atoms with van der Waals surface area (Å²) in [6, 6.07) is 16.2. The number of hydrogen-bond acceptors (Lipinski definition) is 5. The van der Waals surface area contributed by atoms with Crippen LogP contribution in [0.5, 0.6) is 11.6 Å². The minimum Gasteiger partial charge on any atom is -0.436 e. The van der Waals surface area contributed by atoms with Gasteiger partial charge in [0.1, 0.15) is 12.3 Å². The lowest BCUT2D eigenvalue weighted by atomic mass is 10.2. The van der Waals surface area contributed by atoms with E-state index in [1.165, 1.54) is 16.8 Å². The quantitative estimate of drug-likeness (QED) is 0.528. The zero-order valence-electron chi connectivity index (χ0n) is 15.2. The van der Waals surface area contributed by atoms with E-state index in [0.29, 0.717) is 17.3 Å².